The molecule has 176 valence electrons. The third kappa shape index (κ3) is 6.05. The van der Waals surface area contributed by atoms with Crippen molar-refractivity contribution in [1.29, 1.82) is 0 Å². The zero-order chi connectivity index (χ0) is 24.3. The molecule has 0 saturated heterocycles. The van der Waals surface area contributed by atoms with Gasteiger partial charge >= 0.3 is 0 Å². The highest BCUT2D eigenvalue weighted by Crippen LogP contribution is 2.31. The number of thiocarbonyl (C=S) groups is 1. The average Bonchev–Trinajstić information content (AvgIpc) is 2.83. The van der Waals surface area contributed by atoms with Gasteiger partial charge in [0.15, 0.2) is 5.11 Å². The van der Waals surface area contributed by atoms with Crippen LogP contribution in [0.15, 0.2) is 47.5 Å². The van der Waals surface area contributed by atoms with Crippen LogP contribution >= 0.6 is 35.4 Å². The van der Waals surface area contributed by atoms with Gasteiger partial charge in [0.25, 0.3) is 5.91 Å². The first-order valence-electron chi connectivity index (χ1n) is 11.0. The Kier molecular flexibility index (Phi) is 8.38. The molecule has 2 aromatic carbocycles. The van der Waals surface area contributed by atoms with Crippen LogP contribution in [0.3, 0.4) is 0 Å². The van der Waals surface area contributed by atoms with Crippen LogP contribution in [0.25, 0.3) is 0 Å². The van der Waals surface area contributed by atoms with Gasteiger partial charge in [0, 0.05) is 41.3 Å². The molecule has 0 radical (unpaired) electrons. The molecule has 1 aliphatic rings. The summed E-state index contributed by atoms with van der Waals surface area (Å²) in [5.41, 5.74) is 2.77. The van der Waals surface area contributed by atoms with Crippen LogP contribution in [0.5, 0.6) is 0 Å². The maximum Gasteiger partial charge on any atom is 0.272 e. The van der Waals surface area contributed by atoms with Gasteiger partial charge in [0.1, 0.15) is 0 Å². The third-order valence-electron chi connectivity index (χ3n) is 5.25. The summed E-state index contributed by atoms with van der Waals surface area (Å²) >= 11 is 18.6. The predicted molar refractivity (Wildman–Crippen MR) is 143 cm³/mol. The Labute approximate surface area is 211 Å². The molecule has 33 heavy (non-hydrogen) atoms. The van der Waals surface area contributed by atoms with E-state index >= 15 is 0 Å². The van der Waals surface area contributed by atoms with Crippen molar-refractivity contribution in [2.45, 2.75) is 33.9 Å². The standard InChI is InChI=1S/C25H30Cl2N4OS/c1-15(2)13-31(14-16(3)4)25(33)29-23-24(32)30(5)21-11-10-17(26)12-19(21)22(28-23)18-8-6-7-9-20(18)27/h6-12,15-16,23H,13-14H2,1-5H3,(H,29,33). The summed E-state index contributed by atoms with van der Waals surface area (Å²) in [5, 5.41) is 4.83. The minimum Gasteiger partial charge on any atom is -0.349 e. The normalized spacial score (nSPS) is 15.9. The van der Waals surface area contributed by atoms with Gasteiger partial charge in [-0.1, -0.05) is 69.1 Å². The molecular formula is C25H30Cl2N4OS. The van der Waals surface area contributed by atoms with Gasteiger partial charge in [0.05, 0.1) is 11.4 Å². The number of benzene rings is 2. The zero-order valence-electron chi connectivity index (χ0n) is 19.6. The lowest BCUT2D eigenvalue weighted by Crippen LogP contribution is -2.51. The lowest BCUT2D eigenvalue weighted by Gasteiger charge is -2.31. The Bertz CT molecular complexity index is 1060. The van der Waals surface area contributed by atoms with E-state index in [0.29, 0.717) is 38.4 Å². The Morgan fingerprint density at radius 3 is 2.33 bits per heavy atom. The fourth-order valence-electron chi connectivity index (χ4n) is 3.84. The summed E-state index contributed by atoms with van der Waals surface area (Å²) in [7, 11) is 1.73. The van der Waals surface area contributed by atoms with Crippen molar-refractivity contribution in [3.8, 4) is 0 Å². The minimum absolute atomic E-state index is 0.211. The summed E-state index contributed by atoms with van der Waals surface area (Å²) in [4.78, 5) is 22.0. The molecule has 0 spiro atoms. The minimum atomic E-state index is -0.901. The van der Waals surface area contributed by atoms with Gasteiger partial charge in [-0.3, -0.25) is 4.79 Å². The number of halogens is 2. The molecule has 2 aromatic rings. The van der Waals surface area contributed by atoms with Crippen LogP contribution in [0.4, 0.5) is 5.69 Å². The highest BCUT2D eigenvalue weighted by Gasteiger charge is 2.32. The largest absolute Gasteiger partial charge is 0.349 e. The topological polar surface area (TPSA) is 47.9 Å². The quantitative estimate of drug-likeness (QED) is 0.518. The van der Waals surface area contributed by atoms with Crippen LogP contribution in [0.2, 0.25) is 10.0 Å². The van der Waals surface area contributed by atoms with Crippen molar-refractivity contribution in [1.82, 2.24) is 10.2 Å². The smallest absolute Gasteiger partial charge is 0.272 e. The van der Waals surface area contributed by atoms with Crippen molar-refractivity contribution >= 4 is 57.8 Å². The maximum atomic E-state index is 13.5. The Hall–Kier alpha value is -2.15. The van der Waals surface area contributed by atoms with Crippen molar-refractivity contribution < 1.29 is 4.79 Å². The molecule has 0 saturated carbocycles. The van der Waals surface area contributed by atoms with Crippen molar-refractivity contribution in [3.05, 3.63) is 63.6 Å². The number of nitrogens with zero attached hydrogens (tertiary/aromatic N) is 3. The van der Waals surface area contributed by atoms with Crippen LogP contribution in [0.1, 0.15) is 38.8 Å². The van der Waals surface area contributed by atoms with E-state index in [1.807, 2.05) is 30.3 Å². The lowest BCUT2D eigenvalue weighted by molar-refractivity contribution is -0.119. The highest BCUT2D eigenvalue weighted by molar-refractivity contribution is 7.80. The number of anilines is 1. The molecular weight excluding hydrogens is 475 g/mol. The van der Waals surface area contributed by atoms with Gasteiger partial charge in [-0.05, 0) is 48.3 Å². The molecule has 3 rings (SSSR count). The van der Waals surface area contributed by atoms with E-state index in [1.54, 1.807) is 24.1 Å². The van der Waals surface area contributed by atoms with Crippen molar-refractivity contribution in [3.63, 3.8) is 0 Å². The molecule has 8 heteroatoms. The van der Waals surface area contributed by atoms with Crippen LogP contribution in [0, 0.1) is 11.8 Å². The number of likely N-dealkylation sites (N-methyl/N-ethyl adjacent to an activating group) is 1. The summed E-state index contributed by atoms with van der Waals surface area (Å²) < 4.78 is 0. The second-order valence-corrected chi connectivity index (χ2v) is 10.3. The molecule has 0 aromatic heterocycles. The molecule has 0 aliphatic carbocycles. The maximum absolute atomic E-state index is 13.5. The molecule has 1 amide bonds. The van der Waals surface area contributed by atoms with Gasteiger partial charge in [-0.2, -0.15) is 0 Å². The molecule has 0 fully saturated rings. The third-order valence-corrected chi connectivity index (χ3v) is 6.19. The van der Waals surface area contributed by atoms with Gasteiger partial charge in [-0.15, -0.1) is 0 Å². The summed E-state index contributed by atoms with van der Waals surface area (Å²) in [6, 6.07) is 12.9. The molecule has 1 atom stereocenters. The van der Waals surface area contributed by atoms with E-state index in [2.05, 4.69) is 37.9 Å². The molecule has 1 N–H and O–H groups in total. The molecule has 0 bridgehead atoms. The number of hydrogen-bond acceptors (Lipinski definition) is 3. The van der Waals surface area contributed by atoms with E-state index in [9.17, 15) is 4.79 Å². The average molecular weight is 506 g/mol. The number of nitrogens with one attached hydrogen (secondary N) is 1. The number of amides is 1. The number of rotatable bonds is 6. The number of hydrogen-bond donors (Lipinski definition) is 1. The van der Waals surface area contributed by atoms with E-state index in [-0.39, 0.29) is 5.91 Å². The van der Waals surface area contributed by atoms with E-state index in [0.717, 1.165) is 24.2 Å². The van der Waals surface area contributed by atoms with E-state index in [1.165, 1.54) is 0 Å². The number of carbonyl (C=O) groups is 1. The summed E-state index contributed by atoms with van der Waals surface area (Å²) in [5.74, 6) is 0.631. The van der Waals surface area contributed by atoms with Crippen LogP contribution in [-0.2, 0) is 4.79 Å². The predicted octanol–water partition coefficient (Wildman–Crippen LogP) is 5.62. The van der Waals surface area contributed by atoms with Crippen LogP contribution < -0.4 is 10.2 Å². The summed E-state index contributed by atoms with van der Waals surface area (Å²) in [6.45, 7) is 10.2. The highest BCUT2D eigenvalue weighted by atomic mass is 35.5. The van der Waals surface area contributed by atoms with Gasteiger partial charge in [0.2, 0.25) is 6.17 Å². The molecule has 1 heterocycles. The zero-order valence-corrected chi connectivity index (χ0v) is 21.9. The van der Waals surface area contributed by atoms with Gasteiger partial charge < -0.3 is 15.1 Å². The first-order chi connectivity index (χ1) is 15.6. The fraction of sp³-hybridized carbons (Fsp3) is 0.400. The second-order valence-electron chi connectivity index (χ2n) is 9.06. The number of fused-ring (bicyclic) bond motifs is 1. The molecule has 1 aliphatic heterocycles. The number of benzodiazepines with no additional fused rings is 1. The molecule has 1 unspecified atom stereocenters. The number of carbonyl (C=O) groups excluding carboxylic acids is 1. The second kappa shape index (κ2) is 10.9. The first-order valence-corrected chi connectivity index (χ1v) is 12.2. The van der Waals surface area contributed by atoms with E-state index in [4.69, 9.17) is 40.4 Å². The number of aliphatic imine (C=N–C) groups is 1. The van der Waals surface area contributed by atoms with Crippen molar-refractivity contribution in [2.75, 3.05) is 25.0 Å². The summed E-state index contributed by atoms with van der Waals surface area (Å²) in [6.07, 6.45) is -0.901. The van der Waals surface area contributed by atoms with Crippen LogP contribution in [-0.4, -0.2) is 47.9 Å². The van der Waals surface area contributed by atoms with Gasteiger partial charge in [-0.25, -0.2) is 4.99 Å². The first kappa shape index (κ1) is 25.5. The van der Waals surface area contributed by atoms with Crippen molar-refractivity contribution in [2.24, 2.45) is 16.8 Å². The SMILES string of the molecule is CC(C)CN(CC(C)C)C(=S)NC1N=C(c2ccccc2Cl)c2cc(Cl)ccc2N(C)C1=O. The molecule has 5 nitrogen and oxygen atoms in total. The Morgan fingerprint density at radius 2 is 1.73 bits per heavy atom. The lowest BCUT2D eigenvalue weighted by atomic mass is 10.00. The Balaban J connectivity index is 2.07. The fourth-order valence-corrected chi connectivity index (χ4v) is 4.50. The van der Waals surface area contributed by atoms with E-state index < -0.39 is 6.17 Å². The monoisotopic (exact) mass is 504 g/mol. The Morgan fingerprint density at radius 1 is 1.09 bits per heavy atom.